The van der Waals surface area contributed by atoms with Gasteiger partial charge in [0.2, 0.25) is 12.2 Å². The van der Waals surface area contributed by atoms with Gasteiger partial charge in [-0.1, -0.05) is 29.8 Å². The van der Waals surface area contributed by atoms with Gasteiger partial charge in [0.1, 0.15) is 2.74 Å². The zero-order valence-corrected chi connectivity index (χ0v) is 12.0. The molecule has 0 unspecified atom stereocenters. The lowest BCUT2D eigenvalue weighted by Crippen LogP contribution is -2.31. The summed E-state index contributed by atoms with van der Waals surface area (Å²) in [4.78, 5) is 13.5. The number of likely N-dealkylation sites (N-methyl/N-ethyl adjacent to an activating group) is 1. The van der Waals surface area contributed by atoms with Crippen molar-refractivity contribution in [2.75, 3.05) is 18.4 Å². The van der Waals surface area contributed by atoms with Gasteiger partial charge in [0.05, 0.1) is 11.3 Å². The Balaban J connectivity index is 2.41. The van der Waals surface area contributed by atoms with Gasteiger partial charge >= 0.3 is 0 Å². The van der Waals surface area contributed by atoms with Crippen molar-refractivity contribution in [3.8, 4) is 0 Å². The number of hydrogen-bond donors (Lipinski definition) is 0. The Bertz CT molecular complexity index is 822. The Hall–Kier alpha value is -2.33. The summed E-state index contributed by atoms with van der Waals surface area (Å²) in [6, 6.07) is 13.4. The number of carbonyl (C=O) groups is 1. The van der Waals surface area contributed by atoms with E-state index < -0.39 is 12.4 Å². The molecule has 5 heteroatoms. The Morgan fingerprint density at radius 3 is 2.71 bits per heavy atom. The van der Waals surface area contributed by atoms with Crippen LogP contribution in [0.25, 0.3) is 0 Å². The van der Waals surface area contributed by atoms with Crippen LogP contribution >= 0.6 is 11.6 Å². The molecule has 4 nitrogen and oxygen atoms in total. The molecule has 0 saturated heterocycles. The number of anilines is 1. The second-order valence-electron chi connectivity index (χ2n) is 4.65. The number of nitrogens with zero attached hydrogens (tertiary/aromatic N) is 2. The maximum atomic E-state index is 12.7. The molecule has 0 radical (unpaired) electrons. The van der Waals surface area contributed by atoms with Gasteiger partial charge in [0, 0.05) is 17.6 Å². The average molecular weight is 303 g/mol. The van der Waals surface area contributed by atoms with Crippen LogP contribution in [0.1, 0.15) is 13.9 Å². The Morgan fingerprint density at radius 2 is 2.00 bits per heavy atom. The third-order valence-electron chi connectivity index (χ3n) is 3.33. The highest BCUT2D eigenvalue weighted by Crippen LogP contribution is 2.28. The van der Waals surface area contributed by atoms with Gasteiger partial charge < -0.3 is 10.1 Å². The van der Waals surface area contributed by atoms with E-state index in [1.54, 1.807) is 48.5 Å². The van der Waals surface area contributed by atoms with Gasteiger partial charge in [-0.25, -0.2) is 0 Å². The molecule has 0 saturated carbocycles. The molecule has 1 aliphatic rings. The first kappa shape index (κ1) is 11.3. The second kappa shape index (κ2) is 5.22. The Morgan fingerprint density at radius 1 is 1.29 bits per heavy atom. The summed E-state index contributed by atoms with van der Waals surface area (Å²) in [7, 11) is 1.44. The number of benzodiazepines with no additional fused rings is 1. The summed E-state index contributed by atoms with van der Waals surface area (Å²) in [5, 5.41) is 13.1. The smallest absolute Gasteiger partial charge is 0.293 e. The van der Waals surface area contributed by atoms with E-state index in [1.807, 2.05) is 0 Å². The van der Waals surface area contributed by atoms with Crippen molar-refractivity contribution in [1.82, 2.24) is 0 Å². The van der Waals surface area contributed by atoms with E-state index in [2.05, 4.69) is 0 Å². The van der Waals surface area contributed by atoms with E-state index in [0.29, 0.717) is 21.8 Å². The van der Waals surface area contributed by atoms with Crippen molar-refractivity contribution in [1.29, 1.82) is 0 Å². The third kappa shape index (κ3) is 2.38. The van der Waals surface area contributed by atoms with Crippen LogP contribution in [-0.2, 0) is 4.79 Å². The molecule has 0 fully saturated rings. The lowest BCUT2D eigenvalue weighted by molar-refractivity contribution is -0.443. The average Bonchev–Trinajstić information content (AvgIpc) is 2.59. The van der Waals surface area contributed by atoms with Crippen molar-refractivity contribution >= 4 is 28.9 Å². The highest BCUT2D eigenvalue weighted by molar-refractivity contribution is 6.31. The topological polar surface area (TPSA) is 46.4 Å². The first-order valence-electron chi connectivity index (χ1n) is 7.32. The summed E-state index contributed by atoms with van der Waals surface area (Å²) < 4.78 is 16.0. The van der Waals surface area contributed by atoms with Gasteiger partial charge in [-0.05, 0) is 30.3 Å². The minimum atomic E-state index is -2.72. The summed E-state index contributed by atoms with van der Waals surface area (Å²) in [6.45, 7) is -2.72. The van der Waals surface area contributed by atoms with Crippen molar-refractivity contribution in [3.05, 3.63) is 69.9 Å². The Labute approximate surface area is 130 Å². The molecule has 0 aliphatic carbocycles. The Kier molecular flexibility index (Phi) is 2.82. The standard InChI is InChI=1S/C16H13ClN2O2/c1-18-14-8-7-12(17)9-13(14)16(19(21)10-15(18)20)11-5-3-2-4-6-11/h2-9H,10H2,1H3/i10D2. The van der Waals surface area contributed by atoms with Gasteiger partial charge in [0.15, 0.2) is 0 Å². The second-order valence-corrected chi connectivity index (χ2v) is 5.08. The minimum Gasteiger partial charge on any atom is -0.623 e. The van der Waals surface area contributed by atoms with Crippen LogP contribution in [0.5, 0.6) is 0 Å². The molecule has 0 N–H and O–H groups in total. The van der Waals surface area contributed by atoms with Gasteiger partial charge in [-0.3, -0.25) is 4.79 Å². The monoisotopic (exact) mass is 302 g/mol. The predicted octanol–water partition coefficient (Wildman–Crippen LogP) is 2.66. The number of hydroxylamine groups is 1. The first-order chi connectivity index (χ1) is 10.8. The summed E-state index contributed by atoms with van der Waals surface area (Å²) in [6.07, 6.45) is 0. The zero-order valence-electron chi connectivity index (χ0n) is 13.2. The predicted molar refractivity (Wildman–Crippen MR) is 83.0 cm³/mol. The maximum Gasteiger partial charge on any atom is 0.293 e. The number of fused-ring (bicyclic) bond motifs is 1. The van der Waals surface area contributed by atoms with Crippen LogP contribution in [0.3, 0.4) is 0 Å². The molecular weight excluding hydrogens is 288 g/mol. The zero-order chi connectivity index (χ0) is 16.8. The molecule has 1 heterocycles. The number of halogens is 1. The summed E-state index contributed by atoms with van der Waals surface area (Å²) >= 11 is 6.05. The van der Waals surface area contributed by atoms with Gasteiger partial charge in [0.25, 0.3) is 5.91 Å². The normalized spacial score (nSPS) is 18.8. The molecule has 106 valence electrons. The highest BCUT2D eigenvalue weighted by Gasteiger charge is 2.29. The largest absolute Gasteiger partial charge is 0.623 e. The van der Waals surface area contributed by atoms with Crippen molar-refractivity contribution < 1.29 is 12.3 Å². The SMILES string of the molecule is [2H]C1([2H])C(=O)N(C)c2ccc(Cl)cc2C(c2ccccc2)=[N+]1[O-]. The molecule has 1 aliphatic heterocycles. The molecule has 1 amide bonds. The van der Waals surface area contributed by atoms with E-state index >= 15 is 0 Å². The lowest BCUT2D eigenvalue weighted by atomic mass is 10.0. The molecule has 0 atom stereocenters. The van der Waals surface area contributed by atoms with Crippen LogP contribution in [0.4, 0.5) is 5.69 Å². The van der Waals surface area contributed by atoms with Crippen LogP contribution in [0.15, 0.2) is 48.5 Å². The molecule has 3 rings (SSSR count). The van der Waals surface area contributed by atoms with Crippen LogP contribution in [-0.4, -0.2) is 29.9 Å². The van der Waals surface area contributed by atoms with E-state index in [4.69, 9.17) is 14.3 Å². The van der Waals surface area contributed by atoms with Gasteiger partial charge in [-0.15, -0.1) is 0 Å². The number of hydrogen-bond acceptors (Lipinski definition) is 2. The fourth-order valence-electron chi connectivity index (χ4n) is 2.30. The first-order valence-corrected chi connectivity index (χ1v) is 6.69. The van der Waals surface area contributed by atoms with E-state index in [0.717, 1.165) is 4.90 Å². The number of rotatable bonds is 1. The number of amides is 1. The van der Waals surface area contributed by atoms with Crippen LogP contribution in [0.2, 0.25) is 5.02 Å². The van der Waals surface area contributed by atoms with Crippen molar-refractivity contribution in [2.45, 2.75) is 0 Å². The third-order valence-corrected chi connectivity index (χ3v) is 3.56. The summed E-state index contributed by atoms with van der Waals surface area (Å²) in [5.74, 6) is -0.929. The van der Waals surface area contributed by atoms with E-state index in [9.17, 15) is 10.0 Å². The summed E-state index contributed by atoms with van der Waals surface area (Å²) in [5.41, 5.74) is 1.43. The van der Waals surface area contributed by atoms with Crippen molar-refractivity contribution in [3.63, 3.8) is 0 Å². The molecule has 2 aromatic rings. The number of benzene rings is 2. The molecule has 0 spiro atoms. The van der Waals surface area contributed by atoms with Crippen molar-refractivity contribution in [2.24, 2.45) is 0 Å². The van der Waals surface area contributed by atoms with E-state index in [1.165, 1.54) is 7.05 Å². The quantitative estimate of drug-likeness (QED) is 0.600. The van der Waals surface area contributed by atoms with Gasteiger partial charge in [-0.2, -0.15) is 4.74 Å². The molecular formula is C16H13ClN2O2. The minimum absolute atomic E-state index is 0.0748. The van der Waals surface area contributed by atoms with Crippen LogP contribution in [0, 0.1) is 5.21 Å². The highest BCUT2D eigenvalue weighted by atomic mass is 35.5. The lowest BCUT2D eigenvalue weighted by Gasteiger charge is -2.15. The van der Waals surface area contributed by atoms with E-state index in [-0.39, 0.29) is 10.5 Å². The molecule has 2 aromatic carbocycles. The molecule has 21 heavy (non-hydrogen) atoms. The molecule has 0 bridgehead atoms. The fourth-order valence-corrected chi connectivity index (χ4v) is 2.47. The van der Waals surface area contributed by atoms with Crippen LogP contribution < -0.4 is 4.90 Å². The number of carbonyl (C=O) groups excluding carboxylic acids is 1. The maximum absolute atomic E-state index is 12.7. The molecule has 0 aromatic heterocycles. The fraction of sp³-hybridized carbons (Fsp3) is 0.125.